The third-order valence-electron chi connectivity index (χ3n) is 0.646. The largest absolute Gasteiger partial charge is 0.462 e. The van der Waals surface area contributed by atoms with Crippen LogP contribution in [0.5, 0.6) is 0 Å². The summed E-state index contributed by atoms with van der Waals surface area (Å²) in [5, 5.41) is -0.684. The van der Waals surface area contributed by atoms with Crippen molar-refractivity contribution in [3.63, 3.8) is 0 Å². The van der Waals surface area contributed by atoms with Gasteiger partial charge in [-0.2, -0.15) is 0 Å². The summed E-state index contributed by atoms with van der Waals surface area (Å²) in [5.74, 6) is -0.575. The first kappa shape index (κ1) is 8.69. The van der Waals surface area contributed by atoms with E-state index in [2.05, 4.69) is 4.74 Å². The molecule has 0 bridgehead atoms. The third-order valence-corrected chi connectivity index (χ3v) is 0.824. The standard InChI is InChI=1S/C5H8ClFO2/c1-4(6)5(8)9-3-2-7/h4H,2-3H2,1H3. The second-order valence-electron chi connectivity index (χ2n) is 1.47. The van der Waals surface area contributed by atoms with Gasteiger partial charge in [-0.05, 0) is 6.92 Å². The molecule has 0 fully saturated rings. The summed E-state index contributed by atoms with van der Waals surface area (Å²) in [6, 6.07) is 0. The van der Waals surface area contributed by atoms with Gasteiger partial charge in [0, 0.05) is 0 Å². The fourth-order valence-corrected chi connectivity index (χ4v) is 0.317. The summed E-state index contributed by atoms with van der Waals surface area (Å²) < 4.78 is 15.6. The van der Waals surface area contributed by atoms with E-state index in [9.17, 15) is 9.18 Å². The van der Waals surface area contributed by atoms with E-state index in [4.69, 9.17) is 11.6 Å². The van der Waals surface area contributed by atoms with Gasteiger partial charge in [-0.15, -0.1) is 11.6 Å². The molecule has 4 heteroatoms. The van der Waals surface area contributed by atoms with Gasteiger partial charge in [-0.1, -0.05) is 0 Å². The molecular formula is C5H8ClFO2. The summed E-state index contributed by atoms with van der Waals surface area (Å²) in [6.07, 6.45) is 0. The molecule has 0 aliphatic carbocycles. The Morgan fingerprint density at radius 3 is 2.78 bits per heavy atom. The van der Waals surface area contributed by atoms with Crippen LogP contribution in [0, 0.1) is 0 Å². The summed E-state index contributed by atoms with van der Waals surface area (Å²) in [7, 11) is 0. The molecule has 1 atom stereocenters. The summed E-state index contributed by atoms with van der Waals surface area (Å²) in [5.41, 5.74) is 0. The van der Waals surface area contributed by atoms with Crippen molar-refractivity contribution in [1.29, 1.82) is 0 Å². The molecule has 0 N–H and O–H groups in total. The van der Waals surface area contributed by atoms with Crippen LogP contribution in [0.15, 0.2) is 0 Å². The van der Waals surface area contributed by atoms with Crippen molar-refractivity contribution >= 4 is 17.6 Å². The lowest BCUT2D eigenvalue weighted by atomic mass is 10.5. The number of esters is 1. The van der Waals surface area contributed by atoms with Crippen molar-refractivity contribution < 1.29 is 13.9 Å². The van der Waals surface area contributed by atoms with Gasteiger partial charge < -0.3 is 4.74 Å². The quantitative estimate of drug-likeness (QED) is 0.450. The number of rotatable bonds is 3. The zero-order chi connectivity index (χ0) is 7.28. The van der Waals surface area contributed by atoms with E-state index < -0.39 is 18.0 Å². The first-order valence-electron chi connectivity index (χ1n) is 2.55. The minimum Gasteiger partial charge on any atom is -0.462 e. The number of alkyl halides is 2. The molecule has 0 aliphatic rings. The number of hydrogen-bond acceptors (Lipinski definition) is 2. The fraction of sp³-hybridized carbons (Fsp3) is 0.800. The summed E-state index contributed by atoms with van der Waals surface area (Å²) in [4.78, 5) is 10.4. The van der Waals surface area contributed by atoms with Crippen molar-refractivity contribution in [2.24, 2.45) is 0 Å². The minimum absolute atomic E-state index is 0.199. The van der Waals surface area contributed by atoms with Crippen LogP contribution in [0.2, 0.25) is 0 Å². The molecule has 9 heavy (non-hydrogen) atoms. The van der Waals surface area contributed by atoms with Crippen molar-refractivity contribution in [1.82, 2.24) is 0 Å². The van der Waals surface area contributed by atoms with Crippen LogP contribution >= 0.6 is 11.6 Å². The molecule has 0 aromatic carbocycles. The molecule has 1 unspecified atom stereocenters. The van der Waals surface area contributed by atoms with E-state index in [0.717, 1.165) is 0 Å². The highest BCUT2D eigenvalue weighted by Gasteiger charge is 2.08. The number of carbonyl (C=O) groups is 1. The first-order valence-corrected chi connectivity index (χ1v) is 2.98. The SMILES string of the molecule is CC(Cl)C(=O)OCCF. The Kier molecular flexibility index (Phi) is 4.40. The Balaban J connectivity index is 3.28. The Bertz CT molecular complexity index is 95.0. The summed E-state index contributed by atoms with van der Waals surface area (Å²) >= 11 is 5.27. The van der Waals surface area contributed by atoms with Gasteiger partial charge in [0.05, 0.1) is 0 Å². The van der Waals surface area contributed by atoms with Crippen LogP contribution in [0.3, 0.4) is 0 Å². The molecule has 0 saturated carbocycles. The predicted molar refractivity (Wildman–Crippen MR) is 32.2 cm³/mol. The molecule has 0 aromatic rings. The lowest BCUT2D eigenvalue weighted by Gasteiger charge is -2.01. The van der Waals surface area contributed by atoms with E-state index in [1.165, 1.54) is 6.92 Å². The van der Waals surface area contributed by atoms with Gasteiger partial charge in [0.1, 0.15) is 18.7 Å². The van der Waals surface area contributed by atoms with Gasteiger partial charge in [0.25, 0.3) is 0 Å². The zero-order valence-electron chi connectivity index (χ0n) is 5.06. The van der Waals surface area contributed by atoms with Crippen LogP contribution in [0.25, 0.3) is 0 Å². The Morgan fingerprint density at radius 2 is 2.44 bits per heavy atom. The van der Waals surface area contributed by atoms with Crippen molar-refractivity contribution in [2.45, 2.75) is 12.3 Å². The average Bonchev–Trinajstić information content (AvgIpc) is 1.82. The van der Waals surface area contributed by atoms with Crippen LogP contribution in [0.4, 0.5) is 4.39 Å². The maximum atomic E-state index is 11.3. The van der Waals surface area contributed by atoms with Gasteiger partial charge in [-0.25, -0.2) is 4.39 Å². The lowest BCUT2D eigenvalue weighted by Crippen LogP contribution is -2.15. The molecule has 0 amide bonds. The highest BCUT2D eigenvalue weighted by Crippen LogP contribution is 1.95. The van der Waals surface area contributed by atoms with E-state index in [1.807, 2.05) is 0 Å². The minimum atomic E-state index is -0.684. The third kappa shape index (κ3) is 4.21. The Labute approximate surface area is 57.9 Å². The van der Waals surface area contributed by atoms with Crippen LogP contribution in [0.1, 0.15) is 6.92 Å². The van der Waals surface area contributed by atoms with E-state index >= 15 is 0 Å². The average molecular weight is 155 g/mol. The van der Waals surface area contributed by atoms with E-state index in [0.29, 0.717) is 0 Å². The van der Waals surface area contributed by atoms with E-state index in [1.54, 1.807) is 0 Å². The van der Waals surface area contributed by atoms with Crippen molar-refractivity contribution in [2.75, 3.05) is 13.3 Å². The Hall–Kier alpha value is -0.310. The smallest absolute Gasteiger partial charge is 0.323 e. The fourth-order valence-electron chi connectivity index (χ4n) is 0.254. The molecule has 2 nitrogen and oxygen atoms in total. The van der Waals surface area contributed by atoms with Gasteiger partial charge in [-0.3, -0.25) is 4.79 Å². The second kappa shape index (κ2) is 4.56. The maximum absolute atomic E-state index is 11.3. The predicted octanol–water partition coefficient (Wildman–Crippen LogP) is 1.13. The normalized spacial score (nSPS) is 12.8. The zero-order valence-corrected chi connectivity index (χ0v) is 5.82. The van der Waals surface area contributed by atoms with Gasteiger partial charge >= 0.3 is 5.97 Å². The Morgan fingerprint density at radius 1 is 1.89 bits per heavy atom. The molecular weight excluding hydrogens is 147 g/mol. The maximum Gasteiger partial charge on any atom is 0.323 e. The van der Waals surface area contributed by atoms with Gasteiger partial charge in [0.2, 0.25) is 0 Å². The lowest BCUT2D eigenvalue weighted by molar-refractivity contribution is -0.143. The molecule has 0 radical (unpaired) electrons. The molecule has 0 heterocycles. The molecule has 0 aromatic heterocycles. The number of hydrogen-bond donors (Lipinski definition) is 0. The molecule has 0 saturated heterocycles. The van der Waals surface area contributed by atoms with Crippen LogP contribution in [-0.2, 0) is 9.53 Å². The van der Waals surface area contributed by atoms with Crippen molar-refractivity contribution in [3.8, 4) is 0 Å². The van der Waals surface area contributed by atoms with Crippen LogP contribution < -0.4 is 0 Å². The number of ether oxygens (including phenoxy) is 1. The van der Waals surface area contributed by atoms with Crippen molar-refractivity contribution in [3.05, 3.63) is 0 Å². The molecule has 54 valence electrons. The van der Waals surface area contributed by atoms with Crippen LogP contribution in [-0.4, -0.2) is 24.6 Å². The highest BCUT2D eigenvalue weighted by molar-refractivity contribution is 6.29. The number of carbonyl (C=O) groups excluding carboxylic acids is 1. The molecule has 0 spiro atoms. The second-order valence-corrected chi connectivity index (χ2v) is 2.13. The molecule has 0 aliphatic heterocycles. The topological polar surface area (TPSA) is 26.3 Å². The number of halogens is 2. The van der Waals surface area contributed by atoms with Gasteiger partial charge in [0.15, 0.2) is 0 Å². The molecule has 0 rings (SSSR count). The van der Waals surface area contributed by atoms with E-state index in [-0.39, 0.29) is 6.61 Å². The first-order chi connectivity index (χ1) is 4.18. The monoisotopic (exact) mass is 154 g/mol. The highest BCUT2D eigenvalue weighted by atomic mass is 35.5. The summed E-state index contributed by atoms with van der Waals surface area (Å²) in [6.45, 7) is 0.618.